The lowest BCUT2D eigenvalue weighted by Gasteiger charge is -2.35. The molecule has 1 unspecified atom stereocenters. The lowest BCUT2D eigenvalue weighted by atomic mass is 9.93. The van der Waals surface area contributed by atoms with Crippen LogP contribution < -0.4 is 5.64 Å². The van der Waals surface area contributed by atoms with Gasteiger partial charge in [0.25, 0.3) is 0 Å². The minimum atomic E-state index is -0.196. The van der Waals surface area contributed by atoms with E-state index in [1.54, 1.807) is 0 Å². The third-order valence-electron chi connectivity index (χ3n) is 3.10. The highest BCUT2D eigenvalue weighted by Crippen LogP contribution is 2.27. The third-order valence-corrected chi connectivity index (χ3v) is 3.10. The summed E-state index contributed by atoms with van der Waals surface area (Å²) in [5, 5.41) is 0. The smallest absolute Gasteiger partial charge is 0.0893 e. The first kappa shape index (κ1) is 15.2. The summed E-state index contributed by atoms with van der Waals surface area (Å²) < 4.78 is 0. The van der Waals surface area contributed by atoms with Gasteiger partial charge in [0.05, 0.1) is 11.7 Å². The maximum atomic E-state index is 5.44. The van der Waals surface area contributed by atoms with Crippen LogP contribution in [0.3, 0.4) is 0 Å². The summed E-state index contributed by atoms with van der Waals surface area (Å²) >= 11 is 0. The topological polar surface area (TPSA) is 30.5 Å². The van der Waals surface area contributed by atoms with Crippen molar-refractivity contribution in [2.45, 2.75) is 59.2 Å². The number of hydrogen-bond acceptors (Lipinski definition) is 3. The zero-order valence-corrected chi connectivity index (χ0v) is 12.2. The molecule has 1 heterocycles. The van der Waals surface area contributed by atoms with Crippen molar-refractivity contribution in [2.24, 2.45) is 0 Å². The molecule has 0 aromatic heterocycles. The molecule has 1 aliphatic rings. The summed E-state index contributed by atoms with van der Waals surface area (Å²) in [6.07, 6.45) is 6.09. The molecule has 0 aliphatic carbocycles. The molecule has 0 radical (unpaired) electrons. The van der Waals surface area contributed by atoms with Gasteiger partial charge in [0.15, 0.2) is 0 Å². The number of allylic oxidation sites excluding steroid dienone is 4. The van der Waals surface area contributed by atoms with Crippen molar-refractivity contribution in [3.63, 3.8) is 0 Å². The molecule has 18 heavy (non-hydrogen) atoms. The Morgan fingerprint density at radius 2 is 2.11 bits per heavy atom. The zero-order chi connectivity index (χ0) is 13.8. The molecule has 0 amide bonds. The van der Waals surface area contributed by atoms with E-state index >= 15 is 0 Å². The molecule has 0 saturated carbocycles. The molecule has 1 atom stereocenters. The van der Waals surface area contributed by atoms with E-state index in [4.69, 9.17) is 9.68 Å². The Hall–Kier alpha value is -0.900. The van der Waals surface area contributed by atoms with E-state index in [1.807, 2.05) is 13.8 Å². The molecular weight excluding hydrogens is 226 g/mol. The highest BCUT2D eigenvalue weighted by Gasteiger charge is 2.30. The predicted octanol–water partition coefficient (Wildman–Crippen LogP) is 3.85. The second kappa shape index (κ2) is 6.32. The predicted molar refractivity (Wildman–Crippen MR) is 74.7 cm³/mol. The molecule has 1 saturated heterocycles. The fourth-order valence-corrected chi connectivity index (χ4v) is 1.91. The molecule has 0 aromatic carbocycles. The first-order chi connectivity index (χ1) is 8.34. The Bertz CT molecular complexity index is 367. The van der Waals surface area contributed by atoms with Gasteiger partial charge in [-0.05, 0) is 40.2 Å². The van der Waals surface area contributed by atoms with Crippen LogP contribution in [0.25, 0.3) is 0 Å². The number of hydrogen-bond donors (Lipinski definition) is 1. The molecule has 1 rings (SSSR count). The molecule has 102 valence electrons. The molecule has 1 N–H and O–H groups in total. The first-order valence-corrected chi connectivity index (χ1v) is 6.42. The first-order valence-electron chi connectivity index (χ1n) is 6.42. The Kier molecular flexibility index (Phi) is 5.32. The second-order valence-corrected chi connectivity index (χ2v) is 5.58. The lowest BCUT2D eigenvalue weighted by Crippen LogP contribution is -2.44. The summed E-state index contributed by atoms with van der Waals surface area (Å²) in [6, 6.07) is 0. The largest absolute Gasteiger partial charge is 0.273 e. The Labute approximate surface area is 110 Å². The van der Waals surface area contributed by atoms with E-state index in [2.05, 4.69) is 45.1 Å². The molecule has 3 heteroatoms. The van der Waals surface area contributed by atoms with Gasteiger partial charge in [0, 0.05) is 12.8 Å². The number of rotatable bonds is 4. The van der Waals surface area contributed by atoms with Crippen molar-refractivity contribution in [1.82, 2.24) is 5.64 Å². The molecule has 0 spiro atoms. The summed E-state index contributed by atoms with van der Waals surface area (Å²) in [7, 11) is 0. The quantitative estimate of drug-likeness (QED) is 0.770. The van der Waals surface area contributed by atoms with Crippen LogP contribution in [0, 0.1) is 0 Å². The Morgan fingerprint density at radius 1 is 1.44 bits per heavy atom. The van der Waals surface area contributed by atoms with Gasteiger partial charge in [-0.2, -0.15) is 0 Å². The normalized spacial score (nSPS) is 25.1. The van der Waals surface area contributed by atoms with Gasteiger partial charge in [-0.1, -0.05) is 35.5 Å². The maximum Gasteiger partial charge on any atom is 0.0893 e. The molecule has 0 bridgehead atoms. The minimum Gasteiger partial charge on any atom is -0.273 e. The molecule has 0 aromatic rings. The number of nitrogens with one attached hydrogen (secondary N) is 1. The monoisotopic (exact) mass is 251 g/mol. The summed E-state index contributed by atoms with van der Waals surface area (Å²) in [4.78, 5) is 10.8. The zero-order valence-electron chi connectivity index (χ0n) is 12.2. The van der Waals surface area contributed by atoms with Crippen LogP contribution in [0.5, 0.6) is 0 Å². The van der Waals surface area contributed by atoms with E-state index < -0.39 is 0 Å². The fourth-order valence-electron chi connectivity index (χ4n) is 1.91. The van der Waals surface area contributed by atoms with Gasteiger partial charge in [-0.15, -0.1) is 0 Å². The summed E-state index contributed by atoms with van der Waals surface area (Å²) in [5.74, 6) is 0. The van der Waals surface area contributed by atoms with Gasteiger partial charge in [-0.25, -0.2) is 0 Å². The summed E-state index contributed by atoms with van der Waals surface area (Å²) in [6.45, 7) is 14.3. The van der Waals surface area contributed by atoms with Gasteiger partial charge >= 0.3 is 0 Å². The minimum absolute atomic E-state index is 0.112. The SMILES string of the molecule is C=C(C)/C(=C\C(C)=C/C)CC1CC(C)(C)ONO1. The van der Waals surface area contributed by atoms with Gasteiger partial charge in [0.1, 0.15) is 0 Å². The van der Waals surface area contributed by atoms with E-state index in [0.29, 0.717) is 0 Å². The second-order valence-electron chi connectivity index (χ2n) is 5.58. The van der Waals surface area contributed by atoms with Gasteiger partial charge in [0.2, 0.25) is 0 Å². The summed E-state index contributed by atoms with van der Waals surface area (Å²) in [5.41, 5.74) is 5.93. The van der Waals surface area contributed by atoms with E-state index in [0.717, 1.165) is 18.4 Å². The van der Waals surface area contributed by atoms with Gasteiger partial charge < -0.3 is 0 Å². The highest BCUT2D eigenvalue weighted by atomic mass is 16.9. The van der Waals surface area contributed by atoms with E-state index in [-0.39, 0.29) is 11.7 Å². The maximum absolute atomic E-state index is 5.44. The van der Waals surface area contributed by atoms with Crippen molar-refractivity contribution < 1.29 is 9.68 Å². The standard InChI is InChI=1S/C15H25NO2/c1-7-12(4)8-13(11(2)3)9-14-10-15(5,6)18-16-17-14/h7-8,14,16H,2,9-10H2,1,3-6H3/b12-7-,13-8-. The van der Waals surface area contributed by atoms with Crippen LogP contribution in [-0.4, -0.2) is 11.7 Å². The lowest BCUT2D eigenvalue weighted by molar-refractivity contribution is -0.297. The van der Waals surface area contributed by atoms with Crippen LogP contribution in [0.4, 0.5) is 0 Å². The van der Waals surface area contributed by atoms with Crippen LogP contribution in [0.1, 0.15) is 47.5 Å². The average Bonchev–Trinajstić information content (AvgIpc) is 2.26. The molecule has 1 aliphatic heterocycles. The van der Waals surface area contributed by atoms with Crippen molar-refractivity contribution in [3.05, 3.63) is 35.5 Å². The highest BCUT2D eigenvalue weighted by molar-refractivity contribution is 5.34. The van der Waals surface area contributed by atoms with Gasteiger partial charge in [-0.3, -0.25) is 9.68 Å². The van der Waals surface area contributed by atoms with Crippen molar-refractivity contribution in [3.8, 4) is 0 Å². The Balaban J connectivity index is 2.73. The van der Waals surface area contributed by atoms with Crippen molar-refractivity contribution in [1.29, 1.82) is 0 Å². The Morgan fingerprint density at radius 3 is 2.61 bits per heavy atom. The van der Waals surface area contributed by atoms with Crippen molar-refractivity contribution >= 4 is 0 Å². The van der Waals surface area contributed by atoms with E-state index in [9.17, 15) is 0 Å². The molecular formula is C15H25NO2. The van der Waals surface area contributed by atoms with Crippen LogP contribution >= 0.6 is 0 Å². The van der Waals surface area contributed by atoms with Crippen LogP contribution in [-0.2, 0) is 9.68 Å². The molecule has 1 fully saturated rings. The third kappa shape index (κ3) is 4.77. The molecule has 3 nitrogen and oxygen atoms in total. The van der Waals surface area contributed by atoms with Crippen LogP contribution in [0.2, 0.25) is 0 Å². The van der Waals surface area contributed by atoms with Crippen LogP contribution in [0.15, 0.2) is 35.5 Å². The van der Waals surface area contributed by atoms with E-state index in [1.165, 1.54) is 11.1 Å². The fraction of sp³-hybridized carbons (Fsp3) is 0.600. The average molecular weight is 251 g/mol. The van der Waals surface area contributed by atoms with Crippen molar-refractivity contribution in [2.75, 3.05) is 0 Å².